The standard InChI is InChI=1S/C14H21N7S.HI/c1-3-15-14(17-8-13-18-10(2)9-22-13)16-7-12-20-19-11-5-4-6-21(11)12;/h9H,3-8H2,1-2H3,(H2,15,16,17);1H. The molecule has 9 heteroatoms. The van der Waals surface area contributed by atoms with Crippen LogP contribution in [-0.2, 0) is 26.1 Å². The predicted octanol–water partition coefficient (Wildman–Crippen LogP) is 1.86. The van der Waals surface area contributed by atoms with E-state index in [2.05, 4.69) is 47.7 Å². The average molecular weight is 447 g/mol. The van der Waals surface area contributed by atoms with Crippen LogP contribution in [0.4, 0.5) is 0 Å². The van der Waals surface area contributed by atoms with Crippen LogP contribution in [0.5, 0.6) is 0 Å². The molecule has 0 saturated carbocycles. The second kappa shape index (κ2) is 8.57. The molecule has 23 heavy (non-hydrogen) atoms. The quantitative estimate of drug-likeness (QED) is 0.416. The van der Waals surface area contributed by atoms with Crippen molar-refractivity contribution in [1.82, 2.24) is 30.4 Å². The smallest absolute Gasteiger partial charge is 0.192 e. The Morgan fingerprint density at radius 3 is 3.00 bits per heavy atom. The number of hydrogen-bond acceptors (Lipinski definition) is 5. The van der Waals surface area contributed by atoms with Gasteiger partial charge in [0.2, 0.25) is 0 Å². The van der Waals surface area contributed by atoms with E-state index in [0.29, 0.717) is 13.1 Å². The third-order valence-electron chi connectivity index (χ3n) is 3.48. The SMILES string of the molecule is CCNC(=NCc1nnc2n1CCC2)NCc1nc(C)cs1.I. The van der Waals surface area contributed by atoms with Crippen molar-refractivity contribution in [2.24, 2.45) is 4.99 Å². The Kier molecular flexibility index (Phi) is 6.75. The number of rotatable bonds is 5. The summed E-state index contributed by atoms with van der Waals surface area (Å²) < 4.78 is 2.18. The largest absolute Gasteiger partial charge is 0.357 e. The lowest BCUT2D eigenvalue weighted by atomic mass is 10.4. The average Bonchev–Trinajstić information content (AvgIpc) is 3.19. The monoisotopic (exact) mass is 447 g/mol. The van der Waals surface area contributed by atoms with Crippen molar-refractivity contribution in [3.05, 3.63) is 27.7 Å². The summed E-state index contributed by atoms with van der Waals surface area (Å²) in [5, 5.41) is 18.1. The van der Waals surface area contributed by atoms with E-state index in [1.54, 1.807) is 11.3 Å². The number of thiazole rings is 1. The van der Waals surface area contributed by atoms with Crippen molar-refractivity contribution < 1.29 is 0 Å². The molecule has 2 aromatic heterocycles. The van der Waals surface area contributed by atoms with Crippen LogP contribution in [0.15, 0.2) is 10.4 Å². The van der Waals surface area contributed by atoms with Crippen LogP contribution in [0.2, 0.25) is 0 Å². The molecule has 0 aromatic carbocycles. The molecule has 0 spiro atoms. The maximum atomic E-state index is 4.60. The lowest BCUT2D eigenvalue weighted by molar-refractivity contribution is 0.684. The molecule has 0 saturated heterocycles. The summed E-state index contributed by atoms with van der Waals surface area (Å²) in [6.07, 6.45) is 2.18. The number of fused-ring (bicyclic) bond motifs is 1. The van der Waals surface area contributed by atoms with Crippen LogP contribution in [0.25, 0.3) is 0 Å². The zero-order valence-electron chi connectivity index (χ0n) is 13.4. The molecule has 0 atom stereocenters. The first kappa shape index (κ1) is 18.1. The Morgan fingerprint density at radius 1 is 1.39 bits per heavy atom. The van der Waals surface area contributed by atoms with E-state index < -0.39 is 0 Å². The first-order valence-corrected chi connectivity index (χ1v) is 8.48. The van der Waals surface area contributed by atoms with Gasteiger partial charge in [-0.05, 0) is 20.3 Å². The van der Waals surface area contributed by atoms with Gasteiger partial charge in [0.15, 0.2) is 11.8 Å². The number of aromatic nitrogens is 4. The number of nitrogens with zero attached hydrogens (tertiary/aromatic N) is 5. The van der Waals surface area contributed by atoms with Crippen molar-refractivity contribution in [3.63, 3.8) is 0 Å². The summed E-state index contributed by atoms with van der Waals surface area (Å²) in [4.78, 5) is 9.05. The van der Waals surface area contributed by atoms with E-state index in [1.165, 1.54) is 0 Å². The van der Waals surface area contributed by atoms with Crippen LogP contribution in [0.3, 0.4) is 0 Å². The van der Waals surface area contributed by atoms with Gasteiger partial charge in [-0.25, -0.2) is 9.98 Å². The molecule has 3 heterocycles. The molecule has 7 nitrogen and oxygen atoms in total. The molecule has 3 rings (SSSR count). The van der Waals surface area contributed by atoms with E-state index in [0.717, 1.165) is 54.2 Å². The number of hydrogen-bond donors (Lipinski definition) is 2. The molecule has 0 unspecified atom stereocenters. The summed E-state index contributed by atoms with van der Waals surface area (Å²) in [6.45, 7) is 7.11. The topological polar surface area (TPSA) is 80.0 Å². The maximum absolute atomic E-state index is 4.60. The van der Waals surface area contributed by atoms with Gasteiger partial charge in [0.05, 0.1) is 6.54 Å². The normalized spacial score (nSPS) is 13.6. The van der Waals surface area contributed by atoms with Crippen molar-refractivity contribution in [2.45, 2.75) is 46.3 Å². The summed E-state index contributed by atoms with van der Waals surface area (Å²) in [6, 6.07) is 0. The number of nitrogens with one attached hydrogen (secondary N) is 2. The first-order chi connectivity index (χ1) is 10.8. The van der Waals surface area contributed by atoms with Crippen LogP contribution in [-0.4, -0.2) is 32.3 Å². The molecular formula is C14H22IN7S. The predicted molar refractivity (Wildman–Crippen MR) is 102 cm³/mol. The highest BCUT2D eigenvalue weighted by Crippen LogP contribution is 2.14. The second-order valence-corrected chi connectivity index (χ2v) is 6.16. The molecule has 2 N–H and O–H groups in total. The summed E-state index contributed by atoms with van der Waals surface area (Å²) in [5.41, 5.74) is 1.06. The molecule has 2 aromatic rings. The van der Waals surface area contributed by atoms with Crippen molar-refractivity contribution in [2.75, 3.05) is 6.54 Å². The fourth-order valence-corrected chi connectivity index (χ4v) is 3.17. The zero-order valence-corrected chi connectivity index (χ0v) is 16.5. The minimum atomic E-state index is 0. The van der Waals surface area contributed by atoms with Crippen molar-refractivity contribution in [3.8, 4) is 0 Å². The van der Waals surface area contributed by atoms with E-state index in [1.807, 2.05) is 6.92 Å². The Hall–Kier alpha value is -1.23. The molecule has 126 valence electrons. The van der Waals surface area contributed by atoms with Gasteiger partial charge < -0.3 is 15.2 Å². The molecule has 0 radical (unpaired) electrons. The van der Waals surface area contributed by atoms with Gasteiger partial charge in [0, 0.05) is 30.6 Å². The fraction of sp³-hybridized carbons (Fsp3) is 0.571. The van der Waals surface area contributed by atoms with E-state index in [4.69, 9.17) is 0 Å². The minimum absolute atomic E-state index is 0. The first-order valence-electron chi connectivity index (χ1n) is 7.60. The van der Waals surface area contributed by atoms with Gasteiger partial charge in [-0.3, -0.25) is 0 Å². The molecule has 0 aliphatic carbocycles. The number of aryl methyl sites for hydroxylation is 2. The van der Waals surface area contributed by atoms with Gasteiger partial charge in [-0.2, -0.15) is 0 Å². The molecule has 1 aliphatic heterocycles. The highest BCUT2D eigenvalue weighted by atomic mass is 127. The lowest BCUT2D eigenvalue weighted by Crippen LogP contribution is -2.36. The highest BCUT2D eigenvalue weighted by Gasteiger charge is 2.16. The zero-order chi connectivity index (χ0) is 15.4. The van der Waals surface area contributed by atoms with Crippen LogP contribution in [0, 0.1) is 6.92 Å². The van der Waals surface area contributed by atoms with Gasteiger partial charge in [0.25, 0.3) is 0 Å². The Morgan fingerprint density at radius 2 is 2.26 bits per heavy atom. The van der Waals surface area contributed by atoms with Gasteiger partial charge >= 0.3 is 0 Å². The van der Waals surface area contributed by atoms with Crippen LogP contribution in [0.1, 0.15) is 35.7 Å². The van der Waals surface area contributed by atoms with Gasteiger partial charge in [-0.1, -0.05) is 0 Å². The Balaban J connectivity index is 0.00000192. The van der Waals surface area contributed by atoms with E-state index in [-0.39, 0.29) is 24.0 Å². The molecule has 0 bridgehead atoms. The number of guanidine groups is 1. The molecule has 1 aliphatic rings. The Bertz CT molecular complexity index is 664. The third-order valence-corrected chi connectivity index (χ3v) is 4.45. The number of halogens is 1. The second-order valence-electron chi connectivity index (χ2n) is 5.22. The maximum Gasteiger partial charge on any atom is 0.192 e. The minimum Gasteiger partial charge on any atom is -0.357 e. The molecular weight excluding hydrogens is 425 g/mol. The van der Waals surface area contributed by atoms with Crippen LogP contribution >= 0.6 is 35.3 Å². The van der Waals surface area contributed by atoms with Gasteiger partial charge in [0.1, 0.15) is 17.4 Å². The van der Waals surface area contributed by atoms with E-state index >= 15 is 0 Å². The highest BCUT2D eigenvalue weighted by molar-refractivity contribution is 14.0. The van der Waals surface area contributed by atoms with E-state index in [9.17, 15) is 0 Å². The number of aliphatic imine (C=N–C) groups is 1. The molecule has 0 amide bonds. The third kappa shape index (κ3) is 4.63. The summed E-state index contributed by atoms with van der Waals surface area (Å²) in [5.74, 6) is 2.81. The summed E-state index contributed by atoms with van der Waals surface area (Å²) >= 11 is 1.66. The van der Waals surface area contributed by atoms with Gasteiger partial charge in [-0.15, -0.1) is 45.5 Å². The fourth-order valence-electron chi connectivity index (χ4n) is 2.46. The van der Waals surface area contributed by atoms with Crippen molar-refractivity contribution in [1.29, 1.82) is 0 Å². The lowest BCUT2D eigenvalue weighted by Gasteiger charge is -2.10. The Labute approximate surface area is 157 Å². The van der Waals surface area contributed by atoms with Crippen LogP contribution < -0.4 is 10.6 Å². The molecule has 0 fully saturated rings. The summed E-state index contributed by atoms with van der Waals surface area (Å²) in [7, 11) is 0. The van der Waals surface area contributed by atoms with Crippen molar-refractivity contribution >= 4 is 41.3 Å².